The lowest BCUT2D eigenvalue weighted by Crippen LogP contribution is -2.26. The standard InChI is InChI=1S/C16H23NO2/c1-2-3-10-17(15-8-9-15)12-14-6-4-13(5-7-14)11-16(18)19/h4-7,15H,2-3,8-12H2,1H3,(H,18,19). The molecule has 0 aliphatic heterocycles. The first-order valence-electron chi connectivity index (χ1n) is 7.22. The Morgan fingerprint density at radius 1 is 1.26 bits per heavy atom. The van der Waals surface area contributed by atoms with Crippen LogP contribution in [0.3, 0.4) is 0 Å². The zero-order valence-electron chi connectivity index (χ0n) is 11.6. The largest absolute Gasteiger partial charge is 0.481 e. The molecule has 0 aromatic heterocycles. The van der Waals surface area contributed by atoms with Crippen LogP contribution in [0.4, 0.5) is 0 Å². The molecule has 0 radical (unpaired) electrons. The molecule has 0 saturated heterocycles. The van der Waals surface area contributed by atoms with Crippen LogP contribution in [0.25, 0.3) is 0 Å². The maximum absolute atomic E-state index is 10.6. The summed E-state index contributed by atoms with van der Waals surface area (Å²) in [6.07, 6.45) is 5.28. The van der Waals surface area contributed by atoms with Crippen molar-refractivity contribution in [2.24, 2.45) is 0 Å². The number of hydrogen-bond donors (Lipinski definition) is 1. The predicted molar refractivity (Wildman–Crippen MR) is 76.1 cm³/mol. The van der Waals surface area contributed by atoms with Crippen molar-refractivity contribution in [2.75, 3.05) is 6.54 Å². The van der Waals surface area contributed by atoms with Crippen molar-refractivity contribution in [1.29, 1.82) is 0 Å². The van der Waals surface area contributed by atoms with Crippen LogP contribution < -0.4 is 0 Å². The van der Waals surface area contributed by atoms with Crippen LogP contribution in [0.1, 0.15) is 43.7 Å². The second-order valence-corrected chi connectivity index (χ2v) is 5.44. The highest BCUT2D eigenvalue weighted by molar-refractivity contribution is 5.70. The van der Waals surface area contributed by atoms with Gasteiger partial charge in [-0.2, -0.15) is 0 Å². The molecule has 0 atom stereocenters. The monoisotopic (exact) mass is 261 g/mol. The van der Waals surface area contributed by atoms with Gasteiger partial charge in [0.15, 0.2) is 0 Å². The van der Waals surface area contributed by atoms with E-state index < -0.39 is 5.97 Å². The van der Waals surface area contributed by atoms with Crippen molar-refractivity contribution < 1.29 is 9.90 Å². The van der Waals surface area contributed by atoms with Gasteiger partial charge in [-0.3, -0.25) is 9.69 Å². The Morgan fingerprint density at radius 2 is 1.89 bits per heavy atom. The lowest BCUT2D eigenvalue weighted by atomic mass is 10.1. The Labute approximate surface area is 115 Å². The number of carbonyl (C=O) groups is 1. The molecule has 104 valence electrons. The maximum atomic E-state index is 10.6. The van der Waals surface area contributed by atoms with Crippen LogP contribution in [-0.2, 0) is 17.8 Å². The molecular weight excluding hydrogens is 238 g/mol. The van der Waals surface area contributed by atoms with E-state index in [1.807, 2.05) is 12.1 Å². The topological polar surface area (TPSA) is 40.5 Å². The summed E-state index contributed by atoms with van der Waals surface area (Å²) in [7, 11) is 0. The highest BCUT2D eigenvalue weighted by Gasteiger charge is 2.28. The van der Waals surface area contributed by atoms with E-state index in [4.69, 9.17) is 5.11 Å². The van der Waals surface area contributed by atoms with Crippen molar-refractivity contribution in [3.63, 3.8) is 0 Å². The molecular formula is C16H23NO2. The van der Waals surface area contributed by atoms with E-state index in [0.29, 0.717) is 0 Å². The Hall–Kier alpha value is -1.35. The molecule has 1 aromatic rings. The maximum Gasteiger partial charge on any atom is 0.307 e. The number of carboxylic acid groups (broad SMARTS) is 1. The Bertz CT molecular complexity index is 409. The molecule has 1 aliphatic rings. The second kappa shape index (κ2) is 6.71. The van der Waals surface area contributed by atoms with Gasteiger partial charge in [0, 0.05) is 12.6 Å². The van der Waals surface area contributed by atoms with Gasteiger partial charge in [0.2, 0.25) is 0 Å². The fourth-order valence-electron chi connectivity index (χ4n) is 2.36. The molecule has 0 amide bonds. The summed E-state index contributed by atoms with van der Waals surface area (Å²) < 4.78 is 0. The first kappa shape index (κ1) is 14.1. The molecule has 19 heavy (non-hydrogen) atoms. The number of hydrogen-bond acceptors (Lipinski definition) is 2. The van der Waals surface area contributed by atoms with Gasteiger partial charge in [-0.15, -0.1) is 0 Å². The molecule has 0 heterocycles. The Balaban J connectivity index is 1.91. The van der Waals surface area contributed by atoms with E-state index in [9.17, 15) is 4.79 Å². The smallest absolute Gasteiger partial charge is 0.307 e. The van der Waals surface area contributed by atoms with E-state index in [1.54, 1.807) is 0 Å². The van der Waals surface area contributed by atoms with Gasteiger partial charge in [0.25, 0.3) is 0 Å². The van der Waals surface area contributed by atoms with Gasteiger partial charge in [-0.25, -0.2) is 0 Å². The molecule has 1 fully saturated rings. The van der Waals surface area contributed by atoms with Crippen LogP contribution in [0.2, 0.25) is 0 Å². The third-order valence-corrected chi connectivity index (χ3v) is 3.63. The van der Waals surface area contributed by atoms with E-state index in [2.05, 4.69) is 24.0 Å². The van der Waals surface area contributed by atoms with Crippen molar-refractivity contribution in [3.8, 4) is 0 Å². The number of aliphatic carboxylic acids is 1. The lowest BCUT2D eigenvalue weighted by molar-refractivity contribution is -0.136. The van der Waals surface area contributed by atoms with E-state index in [0.717, 1.165) is 18.2 Å². The minimum Gasteiger partial charge on any atom is -0.481 e. The van der Waals surface area contributed by atoms with Crippen molar-refractivity contribution >= 4 is 5.97 Å². The molecule has 3 nitrogen and oxygen atoms in total. The Kier molecular flexibility index (Phi) is 4.97. The number of nitrogens with zero attached hydrogens (tertiary/aromatic N) is 1. The summed E-state index contributed by atoms with van der Waals surface area (Å²) in [6, 6.07) is 8.80. The zero-order valence-corrected chi connectivity index (χ0v) is 11.6. The molecule has 2 rings (SSSR count). The summed E-state index contributed by atoms with van der Waals surface area (Å²) in [5, 5.41) is 8.75. The minimum absolute atomic E-state index is 0.114. The highest BCUT2D eigenvalue weighted by Crippen LogP contribution is 2.28. The van der Waals surface area contributed by atoms with Crippen molar-refractivity contribution in [1.82, 2.24) is 4.90 Å². The third kappa shape index (κ3) is 4.67. The van der Waals surface area contributed by atoms with Crippen LogP contribution in [0.15, 0.2) is 24.3 Å². The lowest BCUT2D eigenvalue weighted by Gasteiger charge is -2.21. The van der Waals surface area contributed by atoms with Crippen LogP contribution >= 0.6 is 0 Å². The van der Waals surface area contributed by atoms with E-state index >= 15 is 0 Å². The average Bonchev–Trinajstić information content (AvgIpc) is 3.20. The predicted octanol–water partition coefficient (Wildman–Crippen LogP) is 3.08. The van der Waals surface area contributed by atoms with Gasteiger partial charge in [0.05, 0.1) is 6.42 Å². The molecule has 1 N–H and O–H groups in total. The SMILES string of the molecule is CCCCN(Cc1ccc(CC(=O)O)cc1)C1CC1. The zero-order chi connectivity index (χ0) is 13.7. The van der Waals surface area contributed by atoms with Crippen LogP contribution in [-0.4, -0.2) is 28.6 Å². The summed E-state index contributed by atoms with van der Waals surface area (Å²) in [6.45, 7) is 4.40. The molecule has 0 bridgehead atoms. The highest BCUT2D eigenvalue weighted by atomic mass is 16.4. The van der Waals surface area contributed by atoms with Gasteiger partial charge < -0.3 is 5.11 Å². The van der Waals surface area contributed by atoms with Crippen molar-refractivity contribution in [2.45, 2.75) is 51.6 Å². The average molecular weight is 261 g/mol. The number of carboxylic acids is 1. The summed E-state index contributed by atoms with van der Waals surface area (Å²) >= 11 is 0. The minimum atomic E-state index is -0.768. The van der Waals surface area contributed by atoms with Crippen molar-refractivity contribution in [3.05, 3.63) is 35.4 Å². The van der Waals surface area contributed by atoms with E-state index in [1.165, 1.54) is 37.8 Å². The van der Waals surface area contributed by atoms with E-state index in [-0.39, 0.29) is 6.42 Å². The van der Waals surface area contributed by atoms with Gasteiger partial charge in [-0.1, -0.05) is 37.6 Å². The van der Waals surface area contributed by atoms with Gasteiger partial charge in [-0.05, 0) is 36.9 Å². The quantitative estimate of drug-likeness (QED) is 0.781. The van der Waals surface area contributed by atoms with Gasteiger partial charge >= 0.3 is 5.97 Å². The first-order valence-corrected chi connectivity index (χ1v) is 7.22. The third-order valence-electron chi connectivity index (χ3n) is 3.63. The fraction of sp³-hybridized carbons (Fsp3) is 0.562. The summed E-state index contributed by atoms with van der Waals surface area (Å²) in [5.41, 5.74) is 2.17. The molecule has 0 spiro atoms. The fourth-order valence-corrected chi connectivity index (χ4v) is 2.36. The van der Waals surface area contributed by atoms with Crippen LogP contribution in [0.5, 0.6) is 0 Å². The number of benzene rings is 1. The molecule has 1 aliphatic carbocycles. The van der Waals surface area contributed by atoms with Crippen LogP contribution in [0, 0.1) is 0 Å². The normalized spacial score (nSPS) is 14.8. The summed E-state index contributed by atoms with van der Waals surface area (Å²) in [5.74, 6) is -0.768. The number of rotatable bonds is 8. The Morgan fingerprint density at radius 3 is 2.42 bits per heavy atom. The molecule has 3 heteroatoms. The summed E-state index contributed by atoms with van der Waals surface area (Å²) in [4.78, 5) is 13.2. The van der Waals surface area contributed by atoms with Gasteiger partial charge in [0.1, 0.15) is 0 Å². The molecule has 0 unspecified atom stereocenters. The molecule has 1 aromatic carbocycles. The first-order chi connectivity index (χ1) is 9.19. The second-order valence-electron chi connectivity index (χ2n) is 5.44. The number of unbranched alkanes of at least 4 members (excludes halogenated alkanes) is 1. The molecule has 1 saturated carbocycles.